The molecular formula is C22H27N2O3+. The third-order valence-corrected chi connectivity index (χ3v) is 4.87. The van der Waals surface area contributed by atoms with Crippen LogP contribution in [0.1, 0.15) is 11.1 Å². The lowest BCUT2D eigenvalue weighted by Crippen LogP contribution is -3.13. The van der Waals surface area contributed by atoms with Gasteiger partial charge in [-0.1, -0.05) is 30.3 Å². The van der Waals surface area contributed by atoms with Crippen molar-refractivity contribution in [1.82, 2.24) is 4.90 Å². The van der Waals surface area contributed by atoms with Crippen molar-refractivity contribution < 1.29 is 19.2 Å². The van der Waals surface area contributed by atoms with Gasteiger partial charge in [-0.2, -0.15) is 0 Å². The van der Waals surface area contributed by atoms with Gasteiger partial charge < -0.3 is 19.3 Å². The lowest BCUT2D eigenvalue weighted by atomic mass is 10.1. The van der Waals surface area contributed by atoms with Crippen LogP contribution in [-0.4, -0.2) is 51.2 Å². The molecule has 3 rings (SSSR count). The number of ether oxygens (including phenoxy) is 2. The Balaban J connectivity index is 1.54. The highest BCUT2D eigenvalue weighted by atomic mass is 16.5. The second-order valence-corrected chi connectivity index (χ2v) is 6.72. The molecule has 5 heteroatoms. The summed E-state index contributed by atoms with van der Waals surface area (Å²) >= 11 is 0. The first-order valence-electron chi connectivity index (χ1n) is 9.25. The van der Waals surface area contributed by atoms with Crippen LogP contribution in [0.5, 0.6) is 11.5 Å². The smallest absolute Gasteiger partial charge is 0.246 e. The number of hydrogen-bond acceptors (Lipinski definition) is 3. The van der Waals surface area contributed by atoms with Crippen molar-refractivity contribution in [3.05, 3.63) is 65.7 Å². The van der Waals surface area contributed by atoms with Gasteiger partial charge in [-0.3, -0.25) is 4.79 Å². The van der Waals surface area contributed by atoms with Gasteiger partial charge in [0.15, 0.2) is 0 Å². The van der Waals surface area contributed by atoms with Crippen molar-refractivity contribution in [1.29, 1.82) is 0 Å². The van der Waals surface area contributed by atoms with Crippen LogP contribution >= 0.6 is 0 Å². The standard InChI is InChI=1S/C22H26N2O3/c1-26-20-14-19(15-21(16-20)27-2)8-9-22(25)24-12-10-23(11-13-24)17-18-6-4-3-5-7-18/h3-9,14-16H,10-13,17H2,1-2H3/p+1/b9-8+. The van der Waals surface area contributed by atoms with Gasteiger partial charge in [-0.15, -0.1) is 0 Å². The number of nitrogens with one attached hydrogen (secondary N) is 1. The summed E-state index contributed by atoms with van der Waals surface area (Å²) in [5.74, 6) is 1.47. The lowest BCUT2D eigenvalue weighted by molar-refractivity contribution is -0.917. The normalized spacial score (nSPS) is 15.1. The quantitative estimate of drug-likeness (QED) is 0.790. The number of carbonyl (C=O) groups is 1. The average molecular weight is 367 g/mol. The second-order valence-electron chi connectivity index (χ2n) is 6.72. The van der Waals surface area contributed by atoms with E-state index < -0.39 is 0 Å². The van der Waals surface area contributed by atoms with Crippen molar-refractivity contribution in [2.45, 2.75) is 6.54 Å². The number of hydrogen-bond donors (Lipinski definition) is 1. The van der Waals surface area contributed by atoms with E-state index in [1.807, 2.05) is 35.2 Å². The molecule has 27 heavy (non-hydrogen) atoms. The molecule has 142 valence electrons. The SMILES string of the molecule is COc1cc(/C=C/C(=O)N2CC[NH+](Cc3ccccc3)CC2)cc(OC)c1. The highest BCUT2D eigenvalue weighted by Gasteiger charge is 2.22. The molecule has 1 amide bonds. The number of piperazine rings is 1. The first-order chi connectivity index (χ1) is 13.2. The third kappa shape index (κ3) is 5.34. The van der Waals surface area contributed by atoms with Gasteiger partial charge in [-0.05, 0) is 23.8 Å². The maximum absolute atomic E-state index is 12.5. The zero-order valence-corrected chi connectivity index (χ0v) is 16.0. The maximum Gasteiger partial charge on any atom is 0.246 e. The van der Waals surface area contributed by atoms with Crippen LogP contribution in [0.15, 0.2) is 54.6 Å². The fourth-order valence-corrected chi connectivity index (χ4v) is 3.30. The molecule has 2 aromatic rings. The Morgan fingerprint density at radius 3 is 2.26 bits per heavy atom. The van der Waals surface area contributed by atoms with E-state index in [1.54, 1.807) is 20.3 Å². The number of nitrogens with zero attached hydrogens (tertiary/aromatic N) is 1. The second kappa shape index (κ2) is 9.24. The van der Waals surface area contributed by atoms with E-state index in [2.05, 4.69) is 24.3 Å². The predicted octanol–water partition coefficient (Wildman–Crippen LogP) is 1.64. The third-order valence-electron chi connectivity index (χ3n) is 4.87. The van der Waals surface area contributed by atoms with Crippen molar-refractivity contribution in [2.24, 2.45) is 0 Å². The summed E-state index contributed by atoms with van der Waals surface area (Å²) in [6.45, 7) is 4.53. The lowest BCUT2D eigenvalue weighted by Gasteiger charge is -2.31. The van der Waals surface area contributed by atoms with Crippen molar-refractivity contribution >= 4 is 12.0 Å². The van der Waals surface area contributed by atoms with Crippen LogP contribution in [0.2, 0.25) is 0 Å². The van der Waals surface area contributed by atoms with Crippen molar-refractivity contribution in [3.63, 3.8) is 0 Å². The van der Waals surface area contributed by atoms with E-state index >= 15 is 0 Å². The molecule has 0 saturated carbocycles. The van der Waals surface area contributed by atoms with E-state index in [0.717, 1.165) is 38.3 Å². The Morgan fingerprint density at radius 2 is 1.67 bits per heavy atom. The maximum atomic E-state index is 12.5. The molecule has 0 atom stereocenters. The molecule has 0 bridgehead atoms. The number of methoxy groups -OCH3 is 2. The molecular weight excluding hydrogens is 340 g/mol. The molecule has 0 aliphatic carbocycles. The zero-order chi connectivity index (χ0) is 19.1. The largest absolute Gasteiger partial charge is 0.497 e. The highest BCUT2D eigenvalue weighted by Crippen LogP contribution is 2.23. The molecule has 5 nitrogen and oxygen atoms in total. The zero-order valence-electron chi connectivity index (χ0n) is 16.0. The van der Waals surface area contributed by atoms with E-state index in [1.165, 1.54) is 10.5 Å². The summed E-state index contributed by atoms with van der Waals surface area (Å²) in [7, 11) is 3.23. The van der Waals surface area contributed by atoms with E-state index in [-0.39, 0.29) is 5.91 Å². The fourth-order valence-electron chi connectivity index (χ4n) is 3.30. The minimum absolute atomic E-state index is 0.0514. The molecule has 1 N–H and O–H groups in total. The van der Waals surface area contributed by atoms with Crippen LogP contribution in [0.3, 0.4) is 0 Å². The number of amides is 1. The first kappa shape index (κ1) is 19.0. The van der Waals surface area contributed by atoms with E-state index in [9.17, 15) is 4.79 Å². The van der Waals surface area contributed by atoms with Crippen LogP contribution in [-0.2, 0) is 11.3 Å². The summed E-state index contributed by atoms with van der Waals surface area (Å²) in [5, 5.41) is 0. The van der Waals surface area contributed by atoms with Crippen LogP contribution in [0, 0.1) is 0 Å². The molecule has 2 aromatic carbocycles. The van der Waals surface area contributed by atoms with Gasteiger partial charge in [0.05, 0.1) is 40.4 Å². The highest BCUT2D eigenvalue weighted by molar-refractivity contribution is 5.92. The molecule has 1 heterocycles. The summed E-state index contributed by atoms with van der Waals surface area (Å²) in [6.07, 6.45) is 3.45. The molecule has 1 fully saturated rings. The fraction of sp³-hybridized carbons (Fsp3) is 0.318. The first-order valence-corrected chi connectivity index (χ1v) is 9.25. The molecule has 1 saturated heterocycles. The topological polar surface area (TPSA) is 43.2 Å². The van der Waals surface area contributed by atoms with Crippen LogP contribution < -0.4 is 14.4 Å². The van der Waals surface area contributed by atoms with Gasteiger partial charge >= 0.3 is 0 Å². The Morgan fingerprint density at radius 1 is 1.04 bits per heavy atom. The minimum atomic E-state index is 0.0514. The summed E-state index contributed by atoms with van der Waals surface area (Å²) in [4.78, 5) is 16.0. The number of carbonyl (C=O) groups excluding carboxylic acids is 1. The van der Waals surface area contributed by atoms with Crippen LogP contribution in [0.4, 0.5) is 0 Å². The van der Waals surface area contributed by atoms with Crippen molar-refractivity contribution in [3.8, 4) is 11.5 Å². The molecule has 0 radical (unpaired) electrons. The number of benzene rings is 2. The predicted molar refractivity (Wildman–Crippen MR) is 106 cm³/mol. The summed E-state index contributed by atoms with van der Waals surface area (Å²) in [6, 6.07) is 16.1. The molecule has 0 aromatic heterocycles. The Bertz CT molecular complexity index is 759. The molecule has 1 aliphatic rings. The van der Waals surface area contributed by atoms with Crippen LogP contribution in [0.25, 0.3) is 6.08 Å². The molecule has 1 aliphatic heterocycles. The molecule has 0 spiro atoms. The van der Waals surface area contributed by atoms with Gasteiger partial charge in [0.1, 0.15) is 18.0 Å². The van der Waals surface area contributed by atoms with Crippen molar-refractivity contribution in [2.75, 3.05) is 40.4 Å². The monoisotopic (exact) mass is 367 g/mol. The Kier molecular flexibility index (Phi) is 6.49. The van der Waals surface area contributed by atoms with E-state index in [4.69, 9.17) is 9.47 Å². The number of quaternary nitrogens is 1. The van der Waals surface area contributed by atoms with Gasteiger partial charge in [0, 0.05) is 17.7 Å². The Labute approximate surface area is 160 Å². The minimum Gasteiger partial charge on any atom is -0.497 e. The average Bonchev–Trinajstić information content (AvgIpc) is 2.73. The van der Waals surface area contributed by atoms with Gasteiger partial charge in [0.25, 0.3) is 0 Å². The summed E-state index contributed by atoms with van der Waals surface area (Å²) in [5.41, 5.74) is 2.23. The Hall–Kier alpha value is -2.79. The van der Waals surface area contributed by atoms with E-state index in [0.29, 0.717) is 11.5 Å². The summed E-state index contributed by atoms with van der Waals surface area (Å²) < 4.78 is 10.5. The number of rotatable bonds is 6. The molecule has 0 unspecified atom stereocenters. The van der Waals surface area contributed by atoms with Gasteiger partial charge in [-0.25, -0.2) is 0 Å². The van der Waals surface area contributed by atoms with Gasteiger partial charge in [0.2, 0.25) is 5.91 Å².